The lowest BCUT2D eigenvalue weighted by Crippen LogP contribution is -2.64. The molecule has 0 bridgehead atoms. The molecule has 0 aliphatic carbocycles. The summed E-state index contributed by atoms with van der Waals surface area (Å²) in [5, 5.41) is 2.49. The zero-order chi connectivity index (χ0) is 13.9. The van der Waals surface area contributed by atoms with E-state index in [-0.39, 0.29) is 6.42 Å². The second-order valence-corrected chi connectivity index (χ2v) is 4.36. The Bertz CT molecular complexity index is 331. The first kappa shape index (κ1) is 14.8. The molecule has 0 aromatic carbocycles. The van der Waals surface area contributed by atoms with Gasteiger partial charge >= 0.3 is 6.18 Å². The summed E-state index contributed by atoms with van der Waals surface area (Å²) in [6, 6.07) is -1.85. The molecule has 1 heterocycles. The molecule has 1 rings (SSSR count). The molecule has 18 heavy (non-hydrogen) atoms. The van der Waals surface area contributed by atoms with Crippen LogP contribution in [0.25, 0.3) is 0 Å². The third kappa shape index (κ3) is 3.36. The van der Waals surface area contributed by atoms with Crippen LogP contribution < -0.4 is 5.32 Å². The average Bonchev–Trinajstić information content (AvgIpc) is 2.24. The van der Waals surface area contributed by atoms with Gasteiger partial charge in [0.1, 0.15) is 18.6 Å². The van der Waals surface area contributed by atoms with Gasteiger partial charge in [-0.1, -0.05) is 20.3 Å². The summed E-state index contributed by atoms with van der Waals surface area (Å²) in [5.41, 5.74) is 0. The summed E-state index contributed by atoms with van der Waals surface area (Å²) in [6.07, 6.45) is -3.34. The van der Waals surface area contributed by atoms with E-state index in [1.807, 2.05) is 0 Å². The van der Waals surface area contributed by atoms with Crippen LogP contribution in [0.2, 0.25) is 0 Å². The van der Waals surface area contributed by atoms with E-state index < -0.39 is 36.6 Å². The Balaban J connectivity index is 2.91. The van der Waals surface area contributed by atoms with Crippen LogP contribution in [0.5, 0.6) is 0 Å². The predicted octanol–water partition coefficient (Wildman–Crippen LogP) is 1.45. The maximum Gasteiger partial charge on any atom is 0.406 e. The largest absolute Gasteiger partial charge is 0.406 e. The molecule has 4 nitrogen and oxygen atoms in total. The molecule has 1 N–H and O–H groups in total. The number of halogens is 3. The van der Waals surface area contributed by atoms with Crippen LogP contribution in [-0.2, 0) is 9.59 Å². The standard InChI is InChI=1S/C11H17F3N2O2/c1-3-5-7-10(18)16(6-11(12,13)14)8(4-2)9(17)15-7/h7-8H,3-6H2,1-2H3,(H,15,17). The van der Waals surface area contributed by atoms with Crippen molar-refractivity contribution in [2.24, 2.45) is 0 Å². The molecule has 104 valence electrons. The van der Waals surface area contributed by atoms with Gasteiger partial charge in [-0.15, -0.1) is 0 Å². The van der Waals surface area contributed by atoms with Crippen molar-refractivity contribution in [2.75, 3.05) is 6.54 Å². The minimum atomic E-state index is -4.49. The molecular formula is C11H17F3N2O2. The van der Waals surface area contributed by atoms with Crippen molar-refractivity contribution in [3.8, 4) is 0 Å². The molecule has 0 radical (unpaired) electrons. The van der Waals surface area contributed by atoms with E-state index in [0.717, 1.165) is 0 Å². The first-order valence-electron chi connectivity index (χ1n) is 5.97. The van der Waals surface area contributed by atoms with Gasteiger partial charge in [-0.25, -0.2) is 0 Å². The molecule has 0 aromatic heterocycles. The van der Waals surface area contributed by atoms with Crippen molar-refractivity contribution in [3.05, 3.63) is 0 Å². The Morgan fingerprint density at radius 2 is 1.89 bits per heavy atom. The summed E-state index contributed by atoms with van der Waals surface area (Å²) < 4.78 is 37.3. The van der Waals surface area contributed by atoms with E-state index >= 15 is 0 Å². The highest BCUT2D eigenvalue weighted by Crippen LogP contribution is 2.23. The molecular weight excluding hydrogens is 249 g/mol. The van der Waals surface area contributed by atoms with Gasteiger partial charge in [-0.2, -0.15) is 13.2 Å². The normalized spacial score (nSPS) is 25.3. The number of rotatable bonds is 4. The minimum Gasteiger partial charge on any atom is -0.343 e. The van der Waals surface area contributed by atoms with Crippen LogP contribution in [0.1, 0.15) is 33.1 Å². The fourth-order valence-corrected chi connectivity index (χ4v) is 2.10. The minimum absolute atomic E-state index is 0.173. The van der Waals surface area contributed by atoms with E-state index in [9.17, 15) is 22.8 Å². The number of nitrogens with one attached hydrogen (secondary N) is 1. The van der Waals surface area contributed by atoms with Gasteiger partial charge in [-0.3, -0.25) is 9.59 Å². The fourth-order valence-electron chi connectivity index (χ4n) is 2.10. The second-order valence-electron chi connectivity index (χ2n) is 4.36. The SMILES string of the molecule is CCCC1NC(=O)C(CC)N(CC(F)(F)F)C1=O. The van der Waals surface area contributed by atoms with Crippen LogP contribution >= 0.6 is 0 Å². The Labute approximate surface area is 104 Å². The number of alkyl halides is 3. The van der Waals surface area contributed by atoms with Crippen molar-refractivity contribution in [1.29, 1.82) is 0 Å². The van der Waals surface area contributed by atoms with E-state index in [4.69, 9.17) is 0 Å². The fraction of sp³-hybridized carbons (Fsp3) is 0.818. The van der Waals surface area contributed by atoms with Crippen LogP contribution in [0.3, 0.4) is 0 Å². The summed E-state index contributed by atoms with van der Waals surface area (Å²) in [7, 11) is 0. The molecule has 1 aliphatic rings. The Morgan fingerprint density at radius 3 is 2.33 bits per heavy atom. The zero-order valence-electron chi connectivity index (χ0n) is 10.4. The number of hydrogen-bond acceptors (Lipinski definition) is 2. The lowest BCUT2D eigenvalue weighted by atomic mass is 10.0. The smallest absolute Gasteiger partial charge is 0.343 e. The molecule has 1 aliphatic heterocycles. The van der Waals surface area contributed by atoms with Gasteiger partial charge in [-0.05, 0) is 12.8 Å². The van der Waals surface area contributed by atoms with Gasteiger partial charge < -0.3 is 10.2 Å². The van der Waals surface area contributed by atoms with Crippen molar-refractivity contribution in [1.82, 2.24) is 10.2 Å². The lowest BCUT2D eigenvalue weighted by Gasteiger charge is -2.38. The van der Waals surface area contributed by atoms with Gasteiger partial charge in [0.05, 0.1) is 0 Å². The molecule has 0 aromatic rings. The maximum absolute atomic E-state index is 12.4. The highest BCUT2D eigenvalue weighted by molar-refractivity contribution is 5.96. The average molecular weight is 266 g/mol. The van der Waals surface area contributed by atoms with Crippen LogP contribution in [0.15, 0.2) is 0 Å². The van der Waals surface area contributed by atoms with E-state index in [1.165, 1.54) is 0 Å². The van der Waals surface area contributed by atoms with Crippen molar-refractivity contribution in [3.63, 3.8) is 0 Å². The number of amides is 2. The first-order valence-corrected chi connectivity index (χ1v) is 5.97. The van der Waals surface area contributed by atoms with Crippen molar-refractivity contribution in [2.45, 2.75) is 51.4 Å². The molecule has 1 saturated heterocycles. The van der Waals surface area contributed by atoms with E-state index in [0.29, 0.717) is 17.7 Å². The van der Waals surface area contributed by atoms with Crippen molar-refractivity contribution < 1.29 is 22.8 Å². The number of nitrogens with zero attached hydrogens (tertiary/aromatic N) is 1. The highest BCUT2D eigenvalue weighted by Gasteiger charge is 2.44. The van der Waals surface area contributed by atoms with Crippen molar-refractivity contribution >= 4 is 11.8 Å². The summed E-state index contributed by atoms with van der Waals surface area (Å²) in [6.45, 7) is 2.03. The molecule has 1 fully saturated rings. The van der Waals surface area contributed by atoms with Gasteiger partial charge in [0, 0.05) is 0 Å². The number of hydrogen-bond donors (Lipinski definition) is 1. The van der Waals surface area contributed by atoms with Crippen LogP contribution in [0, 0.1) is 0 Å². The van der Waals surface area contributed by atoms with Gasteiger partial charge in [0.25, 0.3) is 0 Å². The number of carbonyl (C=O) groups is 2. The molecule has 0 spiro atoms. The third-order valence-electron chi connectivity index (χ3n) is 2.89. The monoisotopic (exact) mass is 266 g/mol. The number of carbonyl (C=O) groups excluding carboxylic acids is 2. The summed E-state index contributed by atoms with van der Waals surface area (Å²) >= 11 is 0. The van der Waals surface area contributed by atoms with Crippen LogP contribution in [-0.4, -0.2) is 41.5 Å². The zero-order valence-corrected chi connectivity index (χ0v) is 10.4. The predicted molar refractivity (Wildman–Crippen MR) is 58.7 cm³/mol. The quantitative estimate of drug-likeness (QED) is 0.837. The van der Waals surface area contributed by atoms with E-state index in [2.05, 4.69) is 5.32 Å². The van der Waals surface area contributed by atoms with Gasteiger partial charge in [0.2, 0.25) is 11.8 Å². The molecule has 0 saturated carbocycles. The Morgan fingerprint density at radius 1 is 1.28 bits per heavy atom. The van der Waals surface area contributed by atoms with Crippen LogP contribution in [0.4, 0.5) is 13.2 Å². The highest BCUT2D eigenvalue weighted by atomic mass is 19.4. The molecule has 7 heteroatoms. The topological polar surface area (TPSA) is 49.4 Å². The third-order valence-corrected chi connectivity index (χ3v) is 2.89. The first-order chi connectivity index (χ1) is 8.30. The maximum atomic E-state index is 12.4. The molecule has 2 unspecified atom stereocenters. The summed E-state index contributed by atoms with van der Waals surface area (Å²) in [5.74, 6) is -1.14. The number of piperazine rings is 1. The second kappa shape index (κ2) is 5.58. The Kier molecular flexibility index (Phi) is 4.59. The summed E-state index contributed by atoms with van der Waals surface area (Å²) in [4.78, 5) is 24.3. The lowest BCUT2D eigenvalue weighted by molar-refractivity contribution is -0.174. The Hall–Kier alpha value is -1.27. The molecule has 2 amide bonds. The van der Waals surface area contributed by atoms with Gasteiger partial charge in [0.15, 0.2) is 0 Å². The van der Waals surface area contributed by atoms with E-state index in [1.54, 1.807) is 13.8 Å². The molecule has 2 atom stereocenters.